The maximum Gasteiger partial charge on any atom is 0.248 e. The molecule has 0 spiro atoms. The first-order chi connectivity index (χ1) is 14.0. The molecule has 0 aliphatic rings. The van der Waals surface area contributed by atoms with E-state index in [4.69, 9.17) is 22.3 Å². The molecule has 0 aromatic heterocycles. The fourth-order valence-electron chi connectivity index (χ4n) is 2.65. The average molecular weight is 401 g/mol. The molecule has 0 radical (unpaired) electrons. The molecular formula is C23H17ClN4O. The zero-order chi connectivity index (χ0) is 20.6. The van der Waals surface area contributed by atoms with Gasteiger partial charge in [-0.3, -0.25) is 10.2 Å². The fourth-order valence-corrected chi connectivity index (χ4v) is 2.88. The second kappa shape index (κ2) is 9.36. The van der Waals surface area contributed by atoms with Crippen molar-refractivity contribution in [3.05, 3.63) is 101 Å². The van der Waals surface area contributed by atoms with Gasteiger partial charge in [0.15, 0.2) is 0 Å². The van der Waals surface area contributed by atoms with Gasteiger partial charge in [0.05, 0.1) is 11.6 Å². The Morgan fingerprint density at radius 3 is 2.34 bits per heavy atom. The van der Waals surface area contributed by atoms with Crippen LogP contribution in [-0.4, -0.2) is 11.7 Å². The lowest BCUT2D eigenvalue weighted by atomic mass is 10.1. The normalized spacial score (nSPS) is 10.3. The van der Waals surface area contributed by atoms with Gasteiger partial charge in [0.25, 0.3) is 0 Å². The van der Waals surface area contributed by atoms with Crippen LogP contribution >= 0.6 is 11.6 Å². The Hall–Kier alpha value is -3.88. The highest BCUT2D eigenvalue weighted by atomic mass is 35.5. The van der Waals surface area contributed by atoms with E-state index in [0.29, 0.717) is 27.5 Å². The van der Waals surface area contributed by atoms with Crippen LogP contribution in [0.5, 0.6) is 0 Å². The number of hydrogen-bond acceptors (Lipinski definition) is 3. The Labute approximate surface area is 173 Å². The smallest absolute Gasteiger partial charge is 0.248 e. The molecular weight excluding hydrogens is 384 g/mol. The van der Waals surface area contributed by atoms with E-state index < -0.39 is 0 Å². The molecule has 5 nitrogen and oxygen atoms in total. The van der Waals surface area contributed by atoms with Gasteiger partial charge in [0.2, 0.25) is 5.91 Å². The lowest BCUT2D eigenvalue weighted by Crippen LogP contribution is -2.13. The third-order valence-corrected chi connectivity index (χ3v) is 4.21. The lowest BCUT2D eigenvalue weighted by molar-refractivity contribution is -0.111. The monoisotopic (exact) mass is 400 g/mol. The van der Waals surface area contributed by atoms with Crippen LogP contribution in [0.1, 0.15) is 16.7 Å². The second-order valence-corrected chi connectivity index (χ2v) is 6.55. The van der Waals surface area contributed by atoms with Gasteiger partial charge in [-0.05, 0) is 35.9 Å². The quantitative estimate of drug-likeness (QED) is 0.308. The van der Waals surface area contributed by atoms with Gasteiger partial charge in [0.1, 0.15) is 5.84 Å². The van der Waals surface area contributed by atoms with Crippen LogP contribution in [-0.2, 0) is 4.79 Å². The summed E-state index contributed by atoms with van der Waals surface area (Å²) < 4.78 is 0. The third kappa shape index (κ3) is 5.55. The van der Waals surface area contributed by atoms with Crippen molar-refractivity contribution < 1.29 is 4.79 Å². The van der Waals surface area contributed by atoms with Crippen LogP contribution in [0, 0.1) is 16.7 Å². The largest absolute Gasteiger partial charge is 0.340 e. The minimum absolute atomic E-state index is 0.221. The van der Waals surface area contributed by atoms with Gasteiger partial charge in [-0.25, -0.2) is 0 Å². The number of amides is 1. The highest BCUT2D eigenvalue weighted by Gasteiger charge is 2.06. The highest BCUT2D eigenvalue weighted by molar-refractivity contribution is 6.31. The molecule has 29 heavy (non-hydrogen) atoms. The Morgan fingerprint density at radius 2 is 1.62 bits per heavy atom. The van der Waals surface area contributed by atoms with E-state index in [0.717, 1.165) is 5.56 Å². The molecule has 0 bridgehead atoms. The molecule has 0 saturated heterocycles. The summed E-state index contributed by atoms with van der Waals surface area (Å²) in [6.45, 7) is 0. The van der Waals surface area contributed by atoms with Gasteiger partial charge in [-0.15, -0.1) is 0 Å². The number of anilines is 2. The predicted octanol–water partition coefficient (Wildman–Crippen LogP) is 5.30. The first-order valence-electron chi connectivity index (χ1n) is 8.75. The zero-order valence-electron chi connectivity index (χ0n) is 15.3. The van der Waals surface area contributed by atoms with E-state index in [9.17, 15) is 4.79 Å². The molecule has 0 fully saturated rings. The number of carbonyl (C=O) groups excluding carboxylic acids is 1. The molecule has 0 unspecified atom stereocenters. The average Bonchev–Trinajstić information content (AvgIpc) is 2.72. The molecule has 6 heteroatoms. The van der Waals surface area contributed by atoms with Crippen molar-refractivity contribution in [3.8, 4) is 6.07 Å². The van der Waals surface area contributed by atoms with Crippen LogP contribution in [0.15, 0.2) is 78.9 Å². The van der Waals surface area contributed by atoms with Crippen LogP contribution in [0.2, 0.25) is 5.02 Å². The summed E-state index contributed by atoms with van der Waals surface area (Å²) in [6, 6.07) is 23.3. The summed E-state index contributed by atoms with van der Waals surface area (Å²) in [5, 5.41) is 23.4. The zero-order valence-corrected chi connectivity index (χ0v) is 16.1. The predicted molar refractivity (Wildman–Crippen MR) is 117 cm³/mol. The summed E-state index contributed by atoms with van der Waals surface area (Å²) in [7, 11) is 0. The van der Waals surface area contributed by atoms with E-state index in [1.54, 1.807) is 48.5 Å². The summed E-state index contributed by atoms with van der Waals surface area (Å²) in [4.78, 5) is 12.3. The van der Waals surface area contributed by atoms with E-state index in [1.807, 2.05) is 30.3 Å². The maximum atomic E-state index is 12.3. The Morgan fingerprint density at radius 1 is 0.966 bits per heavy atom. The minimum atomic E-state index is -0.357. The fraction of sp³-hybridized carbons (Fsp3) is 0. The third-order valence-electron chi connectivity index (χ3n) is 3.99. The number of nitrogens with zero attached hydrogens (tertiary/aromatic N) is 1. The van der Waals surface area contributed by atoms with Crippen molar-refractivity contribution in [2.45, 2.75) is 0 Å². The van der Waals surface area contributed by atoms with E-state index in [2.05, 4.69) is 16.7 Å². The van der Waals surface area contributed by atoms with Crippen molar-refractivity contribution in [3.63, 3.8) is 0 Å². The first-order valence-corrected chi connectivity index (χ1v) is 9.13. The van der Waals surface area contributed by atoms with Crippen LogP contribution in [0.25, 0.3) is 6.08 Å². The molecule has 0 aliphatic heterocycles. The van der Waals surface area contributed by atoms with Gasteiger partial charge in [-0.2, -0.15) is 5.26 Å². The Balaban J connectivity index is 1.71. The van der Waals surface area contributed by atoms with E-state index >= 15 is 0 Å². The van der Waals surface area contributed by atoms with Crippen molar-refractivity contribution in [2.75, 3.05) is 10.6 Å². The maximum absolute atomic E-state index is 12.3. The molecule has 0 saturated carbocycles. The number of carbonyl (C=O) groups is 1. The number of hydrogen-bond donors (Lipinski definition) is 3. The van der Waals surface area contributed by atoms with Crippen LogP contribution < -0.4 is 10.6 Å². The number of nitriles is 1. The number of amidine groups is 1. The molecule has 3 aromatic carbocycles. The molecule has 142 valence electrons. The van der Waals surface area contributed by atoms with Gasteiger partial charge in [-0.1, -0.05) is 60.1 Å². The molecule has 0 heterocycles. The number of rotatable bonds is 5. The number of benzene rings is 3. The highest BCUT2D eigenvalue weighted by Crippen LogP contribution is 2.23. The Bertz CT molecular complexity index is 1120. The second-order valence-electron chi connectivity index (χ2n) is 6.12. The molecule has 0 atom stereocenters. The first kappa shape index (κ1) is 19.9. The lowest BCUT2D eigenvalue weighted by Gasteiger charge is -2.11. The standard InChI is InChI=1S/C23H17ClN4O/c24-19-12-20(14-21(13-19)28-23(26)17-7-2-1-3-8-17)27-22(29)11-10-16-6-4-5-9-18(16)15-25/h1-14H,(H2,26,28)(H,27,29)/b11-10+. The SMILES string of the molecule is N#Cc1ccccc1/C=C/C(=O)Nc1cc(Cl)cc(NC(=N)c2ccccc2)c1. The van der Waals surface area contributed by atoms with Gasteiger partial charge in [0, 0.05) is 28.0 Å². The summed E-state index contributed by atoms with van der Waals surface area (Å²) in [6.07, 6.45) is 2.94. The molecule has 3 aromatic rings. The van der Waals surface area contributed by atoms with Gasteiger partial charge < -0.3 is 10.6 Å². The van der Waals surface area contributed by atoms with E-state index in [-0.39, 0.29) is 11.7 Å². The van der Waals surface area contributed by atoms with Crippen LogP contribution in [0.4, 0.5) is 11.4 Å². The van der Waals surface area contributed by atoms with E-state index in [1.165, 1.54) is 6.08 Å². The topological polar surface area (TPSA) is 88.8 Å². The number of halogens is 1. The Kier molecular flexibility index (Phi) is 6.41. The van der Waals surface area contributed by atoms with Crippen molar-refractivity contribution >= 4 is 40.8 Å². The van der Waals surface area contributed by atoms with Gasteiger partial charge >= 0.3 is 0 Å². The summed E-state index contributed by atoms with van der Waals surface area (Å²) in [5.74, 6) is -0.137. The van der Waals surface area contributed by atoms with Crippen molar-refractivity contribution in [2.24, 2.45) is 0 Å². The molecule has 3 rings (SSSR count). The molecule has 0 aliphatic carbocycles. The number of nitrogens with one attached hydrogen (secondary N) is 3. The summed E-state index contributed by atoms with van der Waals surface area (Å²) in [5.41, 5.74) is 2.96. The van der Waals surface area contributed by atoms with Crippen LogP contribution in [0.3, 0.4) is 0 Å². The van der Waals surface area contributed by atoms with Crippen molar-refractivity contribution in [1.82, 2.24) is 0 Å². The minimum Gasteiger partial charge on any atom is -0.340 e. The molecule has 3 N–H and O–H groups in total. The van der Waals surface area contributed by atoms with Crippen molar-refractivity contribution in [1.29, 1.82) is 10.7 Å². The summed E-state index contributed by atoms with van der Waals surface area (Å²) >= 11 is 6.16. The molecule has 1 amide bonds.